The molecule has 4 aromatic rings. The van der Waals surface area contributed by atoms with Gasteiger partial charge in [0.05, 0.1) is 24.8 Å². The quantitative estimate of drug-likeness (QED) is 0.251. The van der Waals surface area contributed by atoms with Crippen molar-refractivity contribution < 1.29 is 19.0 Å². The molecule has 4 saturated heterocycles. The molecule has 230 valence electrons. The smallest absolute Gasteiger partial charge is 0.319 e. The van der Waals surface area contributed by atoms with Crippen LogP contribution in [0.3, 0.4) is 0 Å². The summed E-state index contributed by atoms with van der Waals surface area (Å²) in [6.45, 7) is 6.39. The number of aromatic hydroxyl groups is 1. The summed E-state index contributed by atoms with van der Waals surface area (Å²) in [5.74, 6) is 0.197. The van der Waals surface area contributed by atoms with Crippen LogP contribution in [-0.4, -0.2) is 83.6 Å². The van der Waals surface area contributed by atoms with Gasteiger partial charge in [-0.1, -0.05) is 35.9 Å². The molecule has 4 aliphatic heterocycles. The number of hydrogen-bond donors (Lipinski definition) is 2. The number of rotatable bonds is 7. The molecule has 0 aliphatic carbocycles. The second-order valence-corrected chi connectivity index (χ2v) is 13.2. The van der Waals surface area contributed by atoms with E-state index in [2.05, 4.69) is 20.1 Å². The van der Waals surface area contributed by atoms with Gasteiger partial charge in [0.25, 0.3) is 0 Å². The summed E-state index contributed by atoms with van der Waals surface area (Å²) < 4.78 is 28.7. The van der Waals surface area contributed by atoms with Crippen molar-refractivity contribution in [1.29, 1.82) is 0 Å². The summed E-state index contributed by atoms with van der Waals surface area (Å²) >= 11 is 6.91. The van der Waals surface area contributed by atoms with Crippen molar-refractivity contribution in [3.05, 3.63) is 52.8 Å². The van der Waals surface area contributed by atoms with Crippen LogP contribution in [0.25, 0.3) is 32.8 Å². The van der Waals surface area contributed by atoms with Crippen LogP contribution in [0, 0.1) is 12.7 Å². The number of phenolic OH excluding ortho intramolecular Hbond substituents is 1. The van der Waals surface area contributed by atoms with E-state index in [9.17, 15) is 5.11 Å². The molecular formula is C34H37ClFN5O3. The number of fused-ring (bicyclic) bond motifs is 6. The van der Waals surface area contributed by atoms with Crippen LogP contribution < -0.4 is 15.0 Å². The van der Waals surface area contributed by atoms with Crippen LogP contribution in [0.5, 0.6) is 11.8 Å². The first-order chi connectivity index (χ1) is 21.4. The lowest BCUT2D eigenvalue weighted by molar-refractivity contribution is -0.0161. The number of hydrogen-bond acceptors (Lipinski definition) is 8. The minimum atomic E-state index is -0.544. The van der Waals surface area contributed by atoms with Crippen molar-refractivity contribution in [3.8, 4) is 22.9 Å². The van der Waals surface area contributed by atoms with Crippen LogP contribution in [-0.2, 0) is 4.74 Å². The van der Waals surface area contributed by atoms with E-state index >= 15 is 4.39 Å². The lowest BCUT2D eigenvalue weighted by Gasteiger charge is -2.34. The maximum atomic E-state index is 16.8. The lowest BCUT2D eigenvalue weighted by atomic mass is 9.93. The van der Waals surface area contributed by atoms with Crippen molar-refractivity contribution >= 4 is 39.1 Å². The van der Waals surface area contributed by atoms with Crippen molar-refractivity contribution in [2.75, 3.05) is 44.4 Å². The number of halogens is 2. The Morgan fingerprint density at radius 1 is 1.02 bits per heavy atom. The van der Waals surface area contributed by atoms with Gasteiger partial charge in [0, 0.05) is 54.8 Å². The molecule has 4 fully saturated rings. The zero-order chi connectivity index (χ0) is 29.9. The number of piperazine rings is 1. The topological polar surface area (TPSA) is 83.0 Å². The number of ether oxygens (including phenoxy) is 2. The van der Waals surface area contributed by atoms with E-state index in [1.807, 2.05) is 31.2 Å². The van der Waals surface area contributed by atoms with Crippen molar-refractivity contribution in [1.82, 2.24) is 20.2 Å². The Kier molecular flexibility index (Phi) is 7.24. The number of anilines is 1. The number of phenols is 1. The number of morpholine rings is 1. The van der Waals surface area contributed by atoms with Gasteiger partial charge in [0.2, 0.25) is 0 Å². The number of benzene rings is 3. The van der Waals surface area contributed by atoms with E-state index < -0.39 is 5.82 Å². The van der Waals surface area contributed by atoms with E-state index in [-0.39, 0.29) is 27.9 Å². The maximum absolute atomic E-state index is 16.8. The average Bonchev–Trinajstić information content (AvgIpc) is 3.47. The zero-order valence-electron chi connectivity index (χ0n) is 24.9. The van der Waals surface area contributed by atoms with Gasteiger partial charge in [-0.25, -0.2) is 4.39 Å². The second kappa shape index (κ2) is 11.3. The summed E-state index contributed by atoms with van der Waals surface area (Å²) in [4.78, 5) is 14.3. The summed E-state index contributed by atoms with van der Waals surface area (Å²) in [5.41, 5.74) is 1.64. The van der Waals surface area contributed by atoms with Crippen LogP contribution in [0.2, 0.25) is 5.02 Å². The van der Waals surface area contributed by atoms with Gasteiger partial charge in [0.1, 0.15) is 17.1 Å². The Morgan fingerprint density at radius 3 is 2.50 bits per heavy atom. The van der Waals surface area contributed by atoms with E-state index in [1.165, 1.54) is 12.8 Å². The molecule has 4 atom stereocenters. The molecule has 0 saturated carbocycles. The molecule has 1 aromatic heterocycles. The maximum Gasteiger partial charge on any atom is 0.319 e. The highest BCUT2D eigenvalue weighted by atomic mass is 35.5. The molecule has 0 amide bonds. The number of aryl methyl sites for hydroxylation is 1. The molecule has 44 heavy (non-hydrogen) atoms. The molecule has 0 radical (unpaired) electrons. The number of nitrogens with zero attached hydrogens (tertiary/aromatic N) is 4. The SMILES string of the molecule is Cc1c(O)cc(-c2c(Cl)cc3c(N4CC5CCC(C4)N5)nc(OCCCN4C5CCC4COC5)nc3c2F)c2ccccc12. The predicted molar refractivity (Wildman–Crippen MR) is 170 cm³/mol. The van der Waals surface area contributed by atoms with Crippen LogP contribution in [0.1, 0.15) is 37.7 Å². The molecule has 0 spiro atoms. The van der Waals surface area contributed by atoms with Gasteiger partial charge in [0.15, 0.2) is 5.82 Å². The van der Waals surface area contributed by atoms with Gasteiger partial charge in [-0.3, -0.25) is 4.90 Å². The van der Waals surface area contributed by atoms with E-state index in [1.54, 1.807) is 12.1 Å². The Hall–Kier alpha value is -3.24. The summed E-state index contributed by atoms with van der Waals surface area (Å²) in [6, 6.07) is 12.9. The minimum absolute atomic E-state index is 0.0895. The fourth-order valence-corrected chi connectivity index (χ4v) is 8.18. The van der Waals surface area contributed by atoms with E-state index in [4.69, 9.17) is 26.1 Å². The molecule has 10 heteroatoms. The van der Waals surface area contributed by atoms with Gasteiger partial charge in [-0.05, 0) is 73.1 Å². The summed E-state index contributed by atoms with van der Waals surface area (Å²) in [7, 11) is 0. The molecule has 3 aromatic carbocycles. The Balaban J connectivity index is 1.18. The van der Waals surface area contributed by atoms with Crippen LogP contribution in [0.15, 0.2) is 36.4 Å². The first-order valence-electron chi connectivity index (χ1n) is 15.8. The first kappa shape index (κ1) is 28.2. The molecule has 5 heterocycles. The van der Waals surface area contributed by atoms with Gasteiger partial charge in [-0.15, -0.1) is 0 Å². The van der Waals surface area contributed by atoms with Crippen molar-refractivity contribution in [2.24, 2.45) is 0 Å². The van der Waals surface area contributed by atoms with Crippen LogP contribution in [0.4, 0.5) is 10.2 Å². The first-order valence-corrected chi connectivity index (χ1v) is 16.2. The normalized spacial score (nSPS) is 24.9. The Labute approximate surface area is 261 Å². The third-order valence-corrected chi connectivity index (χ3v) is 10.4. The second-order valence-electron chi connectivity index (χ2n) is 12.8. The predicted octanol–water partition coefficient (Wildman–Crippen LogP) is 5.83. The molecule has 8 rings (SSSR count). The minimum Gasteiger partial charge on any atom is -0.508 e. The third kappa shape index (κ3) is 4.85. The van der Waals surface area contributed by atoms with Gasteiger partial charge in [-0.2, -0.15) is 9.97 Å². The van der Waals surface area contributed by atoms with Gasteiger partial charge >= 0.3 is 6.01 Å². The molecule has 4 aliphatic rings. The highest BCUT2D eigenvalue weighted by Gasteiger charge is 2.37. The van der Waals surface area contributed by atoms with Crippen molar-refractivity contribution in [2.45, 2.75) is 63.2 Å². The zero-order valence-corrected chi connectivity index (χ0v) is 25.6. The highest BCUT2D eigenvalue weighted by molar-refractivity contribution is 6.35. The largest absolute Gasteiger partial charge is 0.508 e. The average molecular weight is 618 g/mol. The molecular weight excluding hydrogens is 581 g/mol. The summed E-state index contributed by atoms with van der Waals surface area (Å²) in [5, 5.41) is 16.9. The van der Waals surface area contributed by atoms with Crippen molar-refractivity contribution in [3.63, 3.8) is 0 Å². The standard InChI is InChI=1S/C34H37ClFN5O3/c1-19-24-5-2-3-6-25(24)26(14-29(19)42)30-28(35)13-27-32(31(30)36)38-34(39-33(27)40-15-20-7-8-21(16-40)37-20)44-12-4-11-41-22-9-10-23(41)18-43-17-22/h2-3,5-6,13-14,20-23,37,42H,4,7-12,15-18H2,1H3. The Bertz CT molecular complexity index is 1730. The molecule has 4 bridgehead atoms. The third-order valence-electron chi connectivity index (χ3n) is 10.1. The fourth-order valence-electron chi connectivity index (χ4n) is 7.88. The molecule has 8 nitrogen and oxygen atoms in total. The fraction of sp³-hybridized carbons (Fsp3) is 0.471. The van der Waals surface area contributed by atoms with E-state index in [0.29, 0.717) is 47.5 Å². The molecule has 2 N–H and O–H groups in total. The monoisotopic (exact) mass is 617 g/mol. The molecule has 4 unspecified atom stereocenters. The highest BCUT2D eigenvalue weighted by Crippen LogP contribution is 2.44. The Morgan fingerprint density at radius 2 is 1.75 bits per heavy atom. The number of aromatic nitrogens is 2. The lowest BCUT2D eigenvalue weighted by Crippen LogP contribution is -2.51. The number of nitrogens with one attached hydrogen (secondary N) is 1. The van der Waals surface area contributed by atoms with Crippen LogP contribution >= 0.6 is 11.6 Å². The summed E-state index contributed by atoms with van der Waals surface area (Å²) in [6.07, 6.45) is 5.42. The van der Waals surface area contributed by atoms with Gasteiger partial charge < -0.3 is 24.8 Å². The van der Waals surface area contributed by atoms with E-state index in [0.717, 1.165) is 68.4 Å².